The van der Waals surface area contributed by atoms with E-state index < -0.39 is 0 Å². The highest BCUT2D eigenvalue weighted by molar-refractivity contribution is 5.41. The molecule has 18 heavy (non-hydrogen) atoms. The molecule has 3 nitrogen and oxygen atoms in total. The lowest BCUT2D eigenvalue weighted by atomic mass is 10.1. The van der Waals surface area contributed by atoms with E-state index in [2.05, 4.69) is 18.9 Å². The van der Waals surface area contributed by atoms with Crippen LogP contribution in [0.3, 0.4) is 0 Å². The van der Waals surface area contributed by atoms with Gasteiger partial charge in [-0.15, -0.1) is 0 Å². The molecular formula is C15H20N2O. The van der Waals surface area contributed by atoms with Crippen LogP contribution in [0.1, 0.15) is 30.7 Å². The van der Waals surface area contributed by atoms with Crippen LogP contribution in [-0.4, -0.2) is 14.9 Å². The quantitative estimate of drug-likeness (QED) is 0.898. The molecule has 0 radical (unpaired) electrons. The maximum absolute atomic E-state index is 10.2. The Labute approximate surface area is 108 Å². The van der Waals surface area contributed by atoms with Crippen molar-refractivity contribution in [2.45, 2.75) is 34.1 Å². The standard InChI is InChI=1S/C15H20N2O/c1-10(2)8-14-12(4)15(18)17(16-14)13-7-5-6-11(3)9-13/h5-7,9-10,18H,8H2,1-4H3. The minimum absolute atomic E-state index is 0.247. The van der Waals surface area contributed by atoms with Gasteiger partial charge in [0, 0.05) is 5.56 Å². The van der Waals surface area contributed by atoms with Gasteiger partial charge in [0.25, 0.3) is 0 Å². The van der Waals surface area contributed by atoms with Crippen LogP contribution in [0, 0.1) is 19.8 Å². The summed E-state index contributed by atoms with van der Waals surface area (Å²) in [5.74, 6) is 0.778. The van der Waals surface area contributed by atoms with E-state index in [-0.39, 0.29) is 5.88 Å². The highest BCUT2D eigenvalue weighted by Crippen LogP contribution is 2.25. The van der Waals surface area contributed by atoms with Crippen LogP contribution in [0.4, 0.5) is 0 Å². The first-order valence-corrected chi connectivity index (χ1v) is 6.33. The highest BCUT2D eigenvalue weighted by Gasteiger charge is 2.15. The van der Waals surface area contributed by atoms with Gasteiger partial charge >= 0.3 is 0 Å². The van der Waals surface area contributed by atoms with E-state index in [0.717, 1.165) is 28.9 Å². The van der Waals surface area contributed by atoms with Crippen molar-refractivity contribution >= 4 is 0 Å². The first-order chi connectivity index (χ1) is 8.49. The third-order valence-corrected chi connectivity index (χ3v) is 3.04. The number of aromatic hydroxyl groups is 1. The number of hydrogen-bond donors (Lipinski definition) is 1. The number of nitrogens with zero attached hydrogens (tertiary/aromatic N) is 2. The third kappa shape index (κ3) is 2.40. The van der Waals surface area contributed by atoms with Gasteiger partial charge in [-0.05, 0) is 43.9 Å². The normalized spacial score (nSPS) is 11.2. The molecule has 1 N–H and O–H groups in total. The molecule has 2 rings (SSSR count). The summed E-state index contributed by atoms with van der Waals surface area (Å²) >= 11 is 0. The first-order valence-electron chi connectivity index (χ1n) is 6.33. The molecule has 0 unspecified atom stereocenters. The smallest absolute Gasteiger partial charge is 0.217 e. The van der Waals surface area contributed by atoms with Crippen LogP contribution >= 0.6 is 0 Å². The molecule has 0 aliphatic heterocycles. The Morgan fingerprint density at radius 2 is 2.00 bits per heavy atom. The van der Waals surface area contributed by atoms with E-state index in [1.165, 1.54) is 0 Å². The van der Waals surface area contributed by atoms with Gasteiger partial charge in [-0.3, -0.25) is 0 Å². The minimum atomic E-state index is 0.247. The number of aryl methyl sites for hydroxylation is 1. The van der Waals surface area contributed by atoms with E-state index >= 15 is 0 Å². The monoisotopic (exact) mass is 244 g/mol. The summed E-state index contributed by atoms with van der Waals surface area (Å²) in [5, 5.41) is 14.7. The topological polar surface area (TPSA) is 38.0 Å². The van der Waals surface area contributed by atoms with Crippen LogP contribution in [0.15, 0.2) is 24.3 Å². The summed E-state index contributed by atoms with van der Waals surface area (Å²) in [6.07, 6.45) is 0.887. The molecule has 1 aromatic carbocycles. The average molecular weight is 244 g/mol. The van der Waals surface area contributed by atoms with Crippen LogP contribution in [0.25, 0.3) is 5.69 Å². The zero-order chi connectivity index (χ0) is 13.3. The van der Waals surface area contributed by atoms with Gasteiger partial charge in [-0.25, -0.2) is 4.68 Å². The lowest BCUT2D eigenvalue weighted by Crippen LogP contribution is -2.00. The number of benzene rings is 1. The van der Waals surface area contributed by atoms with Crippen molar-refractivity contribution in [2.24, 2.45) is 5.92 Å². The molecule has 2 aromatic rings. The summed E-state index contributed by atoms with van der Waals surface area (Å²) < 4.78 is 1.63. The lowest BCUT2D eigenvalue weighted by Gasteiger charge is -2.04. The SMILES string of the molecule is Cc1cccc(-n2nc(CC(C)C)c(C)c2O)c1. The molecule has 0 saturated carbocycles. The largest absolute Gasteiger partial charge is 0.493 e. The third-order valence-electron chi connectivity index (χ3n) is 3.04. The van der Waals surface area contributed by atoms with Gasteiger partial charge in [-0.2, -0.15) is 5.10 Å². The fourth-order valence-electron chi connectivity index (χ4n) is 2.05. The molecular weight excluding hydrogens is 224 g/mol. The Hall–Kier alpha value is -1.77. The molecule has 0 bridgehead atoms. The van der Waals surface area contributed by atoms with Crippen LogP contribution in [-0.2, 0) is 6.42 Å². The molecule has 96 valence electrons. The van der Waals surface area contributed by atoms with Gasteiger partial charge in [0.2, 0.25) is 5.88 Å². The predicted molar refractivity (Wildman–Crippen MR) is 73.2 cm³/mol. The van der Waals surface area contributed by atoms with E-state index in [4.69, 9.17) is 0 Å². The minimum Gasteiger partial charge on any atom is -0.493 e. The molecule has 0 aliphatic carbocycles. The zero-order valence-electron chi connectivity index (χ0n) is 11.4. The van der Waals surface area contributed by atoms with E-state index in [1.807, 2.05) is 38.1 Å². The van der Waals surface area contributed by atoms with Gasteiger partial charge in [0.05, 0.1) is 11.4 Å². The maximum Gasteiger partial charge on any atom is 0.217 e. The van der Waals surface area contributed by atoms with Crippen molar-refractivity contribution in [3.8, 4) is 11.6 Å². The summed E-state index contributed by atoms with van der Waals surface area (Å²) in [6, 6.07) is 7.98. The average Bonchev–Trinajstić information content (AvgIpc) is 2.57. The molecule has 1 aromatic heterocycles. The maximum atomic E-state index is 10.2. The van der Waals surface area contributed by atoms with Crippen molar-refractivity contribution < 1.29 is 5.11 Å². The fourth-order valence-corrected chi connectivity index (χ4v) is 2.05. The summed E-state index contributed by atoms with van der Waals surface area (Å²) in [7, 11) is 0. The fraction of sp³-hybridized carbons (Fsp3) is 0.400. The van der Waals surface area contributed by atoms with Crippen molar-refractivity contribution in [1.82, 2.24) is 9.78 Å². The molecule has 0 aliphatic rings. The molecule has 0 atom stereocenters. The van der Waals surface area contributed by atoms with Crippen LogP contribution in [0.5, 0.6) is 5.88 Å². The predicted octanol–water partition coefficient (Wildman–Crippen LogP) is 3.39. The Morgan fingerprint density at radius 3 is 2.61 bits per heavy atom. The van der Waals surface area contributed by atoms with Gasteiger partial charge < -0.3 is 5.11 Å². The van der Waals surface area contributed by atoms with E-state index in [0.29, 0.717) is 5.92 Å². The second-order valence-electron chi connectivity index (χ2n) is 5.24. The second-order valence-corrected chi connectivity index (χ2v) is 5.24. The number of aromatic nitrogens is 2. The molecule has 0 amide bonds. The number of hydrogen-bond acceptors (Lipinski definition) is 2. The molecule has 0 fully saturated rings. The Morgan fingerprint density at radius 1 is 1.28 bits per heavy atom. The Bertz CT molecular complexity index is 556. The zero-order valence-corrected chi connectivity index (χ0v) is 11.4. The van der Waals surface area contributed by atoms with Crippen molar-refractivity contribution in [1.29, 1.82) is 0 Å². The second kappa shape index (κ2) is 4.84. The molecule has 1 heterocycles. The molecule has 0 spiro atoms. The molecule has 0 saturated heterocycles. The molecule has 3 heteroatoms. The van der Waals surface area contributed by atoms with Crippen LogP contribution < -0.4 is 0 Å². The Kier molecular flexibility index (Phi) is 3.41. The summed E-state index contributed by atoms with van der Waals surface area (Å²) in [4.78, 5) is 0. The number of rotatable bonds is 3. The highest BCUT2D eigenvalue weighted by atomic mass is 16.3. The van der Waals surface area contributed by atoms with E-state index in [1.54, 1.807) is 4.68 Å². The van der Waals surface area contributed by atoms with E-state index in [9.17, 15) is 5.11 Å². The van der Waals surface area contributed by atoms with Gasteiger partial charge in [0.1, 0.15) is 0 Å². The van der Waals surface area contributed by atoms with Crippen LogP contribution in [0.2, 0.25) is 0 Å². The first kappa shape index (κ1) is 12.7. The summed E-state index contributed by atoms with van der Waals surface area (Å²) in [6.45, 7) is 8.27. The summed E-state index contributed by atoms with van der Waals surface area (Å²) in [5.41, 5.74) is 3.92. The van der Waals surface area contributed by atoms with Crippen molar-refractivity contribution in [2.75, 3.05) is 0 Å². The van der Waals surface area contributed by atoms with Gasteiger partial charge in [0.15, 0.2) is 0 Å². The van der Waals surface area contributed by atoms with Gasteiger partial charge in [-0.1, -0.05) is 26.0 Å². The van der Waals surface area contributed by atoms with Crippen molar-refractivity contribution in [3.05, 3.63) is 41.1 Å². The Balaban J connectivity index is 2.46. The lowest BCUT2D eigenvalue weighted by molar-refractivity contribution is 0.430. The van der Waals surface area contributed by atoms with Crippen molar-refractivity contribution in [3.63, 3.8) is 0 Å².